The summed E-state index contributed by atoms with van der Waals surface area (Å²) in [7, 11) is 0. The number of unbranched alkanes of at least 4 members (excludes halogenated alkanes) is 1. The van der Waals surface area contributed by atoms with Crippen molar-refractivity contribution in [3.63, 3.8) is 0 Å². The molecule has 0 radical (unpaired) electrons. The van der Waals surface area contributed by atoms with Crippen molar-refractivity contribution < 1.29 is 5.11 Å². The average molecular weight is 307 g/mol. The molecule has 4 nitrogen and oxygen atoms in total. The number of anilines is 1. The molecule has 0 bridgehead atoms. The summed E-state index contributed by atoms with van der Waals surface area (Å²) in [4.78, 5) is 6.55. The van der Waals surface area contributed by atoms with Gasteiger partial charge in [0.1, 0.15) is 0 Å². The minimum absolute atomic E-state index is 0.466. The van der Waals surface area contributed by atoms with Crippen LogP contribution in [0.1, 0.15) is 45.1 Å². The summed E-state index contributed by atoms with van der Waals surface area (Å²) >= 11 is 1.64. The Morgan fingerprint density at radius 1 is 1.48 bits per heavy atom. The molecule has 21 heavy (non-hydrogen) atoms. The SMILES string of the molecule is CCCCN=C1SCNC(O)N1c1cccc(C(C)C)c1. The molecule has 1 unspecified atom stereocenters. The highest BCUT2D eigenvalue weighted by Crippen LogP contribution is 2.27. The van der Waals surface area contributed by atoms with Gasteiger partial charge in [0.05, 0.1) is 5.88 Å². The molecule has 1 aromatic carbocycles. The smallest absolute Gasteiger partial charge is 0.190 e. The molecule has 1 aromatic rings. The third-order valence-electron chi connectivity index (χ3n) is 3.49. The van der Waals surface area contributed by atoms with E-state index >= 15 is 0 Å². The highest BCUT2D eigenvalue weighted by Gasteiger charge is 2.26. The number of nitrogens with one attached hydrogen (secondary N) is 1. The maximum absolute atomic E-state index is 10.3. The Hall–Kier alpha value is -1.04. The van der Waals surface area contributed by atoms with Crippen molar-refractivity contribution in [1.82, 2.24) is 5.32 Å². The van der Waals surface area contributed by atoms with Gasteiger partial charge >= 0.3 is 0 Å². The van der Waals surface area contributed by atoms with Crippen LogP contribution < -0.4 is 10.2 Å². The van der Waals surface area contributed by atoms with Crippen LogP contribution in [-0.4, -0.2) is 29.0 Å². The van der Waals surface area contributed by atoms with Crippen molar-refractivity contribution in [2.24, 2.45) is 4.99 Å². The number of rotatable bonds is 5. The molecule has 1 atom stereocenters. The molecule has 116 valence electrons. The van der Waals surface area contributed by atoms with Gasteiger partial charge in [-0.25, -0.2) is 0 Å². The Labute approximate surface area is 131 Å². The molecule has 1 fully saturated rings. The molecular formula is C16H25N3OS. The van der Waals surface area contributed by atoms with Crippen molar-refractivity contribution in [1.29, 1.82) is 0 Å². The number of benzene rings is 1. The Morgan fingerprint density at radius 2 is 2.29 bits per heavy atom. The zero-order valence-corrected chi connectivity index (χ0v) is 13.9. The number of nitrogens with zero attached hydrogens (tertiary/aromatic N) is 2. The first-order valence-electron chi connectivity index (χ1n) is 7.61. The maximum atomic E-state index is 10.3. The van der Waals surface area contributed by atoms with Crippen LogP contribution in [0, 0.1) is 0 Å². The van der Waals surface area contributed by atoms with Crippen LogP contribution in [0.15, 0.2) is 29.3 Å². The molecule has 2 N–H and O–H groups in total. The number of hydrogen-bond acceptors (Lipinski definition) is 4. The standard InChI is InChI=1S/C16H25N3OS/c1-4-5-9-17-16-19(15(20)18-11-21-16)14-8-6-7-13(10-14)12(2)3/h6-8,10,12,15,18,20H,4-5,9,11H2,1-3H3. The molecule has 2 rings (SSSR count). The number of thioether (sulfide) groups is 1. The maximum Gasteiger partial charge on any atom is 0.190 e. The fourth-order valence-electron chi connectivity index (χ4n) is 2.19. The summed E-state index contributed by atoms with van der Waals surface area (Å²) in [6.45, 7) is 7.32. The molecule has 0 aromatic heterocycles. The van der Waals surface area contributed by atoms with E-state index in [1.807, 2.05) is 17.0 Å². The summed E-state index contributed by atoms with van der Waals surface area (Å²) in [5.41, 5.74) is 2.26. The number of hydrogen-bond donors (Lipinski definition) is 2. The monoisotopic (exact) mass is 307 g/mol. The van der Waals surface area contributed by atoms with Crippen LogP contribution in [0.3, 0.4) is 0 Å². The van der Waals surface area contributed by atoms with Crippen molar-refractivity contribution in [2.75, 3.05) is 17.3 Å². The van der Waals surface area contributed by atoms with E-state index < -0.39 is 6.35 Å². The lowest BCUT2D eigenvalue weighted by Gasteiger charge is -2.35. The molecule has 5 heteroatoms. The Morgan fingerprint density at radius 3 is 3.00 bits per heavy atom. The molecule has 1 aliphatic rings. The van der Waals surface area contributed by atoms with Gasteiger partial charge in [-0.1, -0.05) is 51.1 Å². The predicted molar refractivity (Wildman–Crippen MR) is 91.8 cm³/mol. The van der Waals surface area contributed by atoms with Crippen molar-refractivity contribution in [3.05, 3.63) is 29.8 Å². The van der Waals surface area contributed by atoms with Crippen LogP contribution in [-0.2, 0) is 0 Å². The lowest BCUT2D eigenvalue weighted by molar-refractivity contribution is 0.153. The van der Waals surface area contributed by atoms with Gasteiger partial charge < -0.3 is 5.11 Å². The number of aliphatic hydroxyl groups excluding tert-OH is 1. The highest BCUT2D eigenvalue weighted by molar-refractivity contribution is 8.14. The highest BCUT2D eigenvalue weighted by atomic mass is 32.2. The van der Waals surface area contributed by atoms with Gasteiger partial charge in [-0.3, -0.25) is 15.2 Å². The van der Waals surface area contributed by atoms with E-state index in [0.29, 0.717) is 11.8 Å². The van der Waals surface area contributed by atoms with Crippen LogP contribution in [0.4, 0.5) is 5.69 Å². The average Bonchev–Trinajstić information content (AvgIpc) is 2.48. The second-order valence-corrected chi connectivity index (χ2v) is 6.45. The summed E-state index contributed by atoms with van der Waals surface area (Å²) in [5.74, 6) is 1.15. The van der Waals surface area contributed by atoms with Crippen molar-refractivity contribution >= 4 is 22.6 Å². The molecule has 1 heterocycles. The molecule has 0 amide bonds. The van der Waals surface area contributed by atoms with Crippen molar-refractivity contribution in [3.8, 4) is 0 Å². The second kappa shape index (κ2) is 7.82. The summed E-state index contributed by atoms with van der Waals surface area (Å²) in [5, 5.41) is 14.3. The first-order valence-corrected chi connectivity index (χ1v) is 8.60. The third kappa shape index (κ3) is 4.22. The van der Waals surface area contributed by atoms with E-state index in [4.69, 9.17) is 0 Å². The topological polar surface area (TPSA) is 47.9 Å². The van der Waals surface area contributed by atoms with Gasteiger partial charge in [-0.05, 0) is 30.0 Å². The van der Waals surface area contributed by atoms with Gasteiger partial charge in [0.2, 0.25) is 0 Å². The lowest BCUT2D eigenvalue weighted by atomic mass is 10.0. The molecule has 1 saturated heterocycles. The van der Waals surface area contributed by atoms with Gasteiger partial charge in [0, 0.05) is 12.2 Å². The van der Waals surface area contributed by atoms with Crippen LogP contribution >= 0.6 is 11.8 Å². The second-order valence-electron chi connectivity index (χ2n) is 5.50. The van der Waals surface area contributed by atoms with Gasteiger partial charge in [0.15, 0.2) is 11.5 Å². The number of amidine groups is 1. The zero-order chi connectivity index (χ0) is 15.2. The largest absolute Gasteiger partial charge is 0.360 e. The minimum atomic E-state index is -0.714. The van der Waals surface area contributed by atoms with E-state index in [9.17, 15) is 5.11 Å². The minimum Gasteiger partial charge on any atom is -0.360 e. The van der Waals surface area contributed by atoms with Gasteiger partial charge in [-0.15, -0.1) is 0 Å². The first-order chi connectivity index (χ1) is 10.1. The zero-order valence-electron chi connectivity index (χ0n) is 13.0. The van der Waals surface area contributed by atoms with Gasteiger partial charge in [-0.2, -0.15) is 0 Å². The fourth-order valence-corrected chi connectivity index (χ4v) is 3.07. The quantitative estimate of drug-likeness (QED) is 0.819. The summed E-state index contributed by atoms with van der Waals surface area (Å²) < 4.78 is 0. The number of aliphatic imine (C=N–C) groups is 1. The van der Waals surface area contributed by atoms with E-state index in [0.717, 1.165) is 30.2 Å². The van der Waals surface area contributed by atoms with Crippen LogP contribution in [0.5, 0.6) is 0 Å². The van der Waals surface area contributed by atoms with E-state index in [-0.39, 0.29) is 0 Å². The van der Waals surface area contributed by atoms with E-state index in [2.05, 4.69) is 43.2 Å². The van der Waals surface area contributed by atoms with Crippen LogP contribution in [0.25, 0.3) is 0 Å². The van der Waals surface area contributed by atoms with E-state index in [1.54, 1.807) is 11.8 Å². The predicted octanol–water partition coefficient (Wildman–Crippen LogP) is 3.34. The lowest BCUT2D eigenvalue weighted by Crippen LogP contribution is -2.52. The van der Waals surface area contributed by atoms with Gasteiger partial charge in [0.25, 0.3) is 0 Å². The Balaban J connectivity index is 2.27. The summed E-state index contributed by atoms with van der Waals surface area (Å²) in [6.07, 6.45) is 1.49. The molecule has 0 aliphatic carbocycles. The number of aliphatic hydroxyl groups is 1. The summed E-state index contributed by atoms with van der Waals surface area (Å²) in [6, 6.07) is 8.33. The van der Waals surface area contributed by atoms with Crippen LogP contribution in [0.2, 0.25) is 0 Å². The normalized spacial score (nSPS) is 21.3. The van der Waals surface area contributed by atoms with Crippen molar-refractivity contribution in [2.45, 2.75) is 45.9 Å². The molecule has 0 saturated carbocycles. The fraction of sp³-hybridized carbons (Fsp3) is 0.562. The molecular weight excluding hydrogens is 282 g/mol. The Bertz CT molecular complexity index is 490. The van der Waals surface area contributed by atoms with E-state index in [1.165, 1.54) is 5.56 Å². The first kappa shape index (κ1) is 16.3. The molecule has 0 spiro atoms. The third-order valence-corrected chi connectivity index (χ3v) is 4.39. The molecule has 1 aliphatic heterocycles. The Kier molecular flexibility index (Phi) is 6.08.